The van der Waals surface area contributed by atoms with Gasteiger partial charge in [-0.25, -0.2) is 4.79 Å². The Balaban J connectivity index is 2.20. The Labute approximate surface area is 173 Å². The van der Waals surface area contributed by atoms with Gasteiger partial charge in [0.05, 0.1) is 19.3 Å². The Morgan fingerprint density at radius 3 is 2.40 bits per heavy atom. The molecule has 0 atom stereocenters. The molecule has 0 spiro atoms. The predicted molar refractivity (Wildman–Crippen MR) is 109 cm³/mol. The molecule has 2 rings (SSSR count). The predicted octanol–water partition coefficient (Wildman–Crippen LogP) is 3.32. The Kier molecular flexibility index (Phi) is 7.98. The molecule has 0 aliphatic rings. The van der Waals surface area contributed by atoms with Gasteiger partial charge in [-0.05, 0) is 55.0 Å². The number of nitrogens with one attached hydrogen (secondary N) is 1. The molecular weight excluding hydrogens is 386 g/mol. The fraction of sp³-hybridized carbons (Fsp3) is 0.182. The van der Waals surface area contributed by atoms with Crippen LogP contribution in [0, 0.1) is 22.7 Å². The minimum absolute atomic E-state index is 0.125. The fourth-order valence-electron chi connectivity index (χ4n) is 2.43. The third-order valence-electron chi connectivity index (χ3n) is 3.80. The van der Waals surface area contributed by atoms with Gasteiger partial charge in [-0.2, -0.15) is 10.5 Å². The van der Waals surface area contributed by atoms with Gasteiger partial charge in [0.1, 0.15) is 17.7 Å². The largest absolute Gasteiger partial charge is 0.490 e. The molecule has 0 saturated heterocycles. The molecule has 30 heavy (non-hydrogen) atoms. The second-order valence-electron chi connectivity index (χ2n) is 5.78. The summed E-state index contributed by atoms with van der Waals surface area (Å²) in [4.78, 5) is 23.9. The highest BCUT2D eigenvalue weighted by molar-refractivity contribution is 6.09. The van der Waals surface area contributed by atoms with Crippen molar-refractivity contribution in [1.29, 1.82) is 10.5 Å². The van der Waals surface area contributed by atoms with Crippen LogP contribution in [0.15, 0.2) is 48.0 Å². The first kappa shape index (κ1) is 22.0. The number of esters is 1. The highest BCUT2D eigenvalue weighted by Gasteiger charge is 2.12. The van der Waals surface area contributed by atoms with Crippen LogP contribution in [0.1, 0.15) is 22.8 Å². The molecule has 0 heterocycles. The summed E-state index contributed by atoms with van der Waals surface area (Å²) < 4.78 is 15.4. The van der Waals surface area contributed by atoms with E-state index in [4.69, 9.17) is 14.7 Å². The summed E-state index contributed by atoms with van der Waals surface area (Å²) in [6.07, 6.45) is 1.41. The summed E-state index contributed by atoms with van der Waals surface area (Å²) in [6.45, 7) is 2.05. The first-order chi connectivity index (χ1) is 14.5. The van der Waals surface area contributed by atoms with Gasteiger partial charge in [-0.1, -0.05) is 6.07 Å². The van der Waals surface area contributed by atoms with Crippen LogP contribution in [0.25, 0.3) is 6.08 Å². The number of ether oxygens (including phenoxy) is 3. The molecule has 0 fully saturated rings. The molecule has 0 radical (unpaired) electrons. The summed E-state index contributed by atoms with van der Waals surface area (Å²) in [5.41, 5.74) is 1.19. The van der Waals surface area contributed by atoms with Gasteiger partial charge in [0.2, 0.25) is 0 Å². The van der Waals surface area contributed by atoms with E-state index in [9.17, 15) is 14.9 Å². The number of carbonyl (C=O) groups is 2. The van der Waals surface area contributed by atoms with E-state index in [2.05, 4.69) is 10.1 Å². The van der Waals surface area contributed by atoms with Crippen molar-refractivity contribution in [2.45, 2.75) is 6.92 Å². The van der Waals surface area contributed by atoms with Crippen LogP contribution in [-0.4, -0.2) is 32.2 Å². The molecule has 0 aliphatic carbocycles. The summed E-state index contributed by atoms with van der Waals surface area (Å²) in [7, 11) is 1.28. The first-order valence-electron chi connectivity index (χ1n) is 8.90. The molecule has 0 saturated carbocycles. The van der Waals surface area contributed by atoms with E-state index in [1.54, 1.807) is 25.1 Å². The van der Waals surface area contributed by atoms with Crippen molar-refractivity contribution in [3.05, 3.63) is 59.2 Å². The third-order valence-corrected chi connectivity index (χ3v) is 3.80. The zero-order chi connectivity index (χ0) is 21.9. The number of nitrogens with zero attached hydrogens (tertiary/aromatic N) is 2. The number of benzene rings is 2. The van der Waals surface area contributed by atoms with Crippen LogP contribution >= 0.6 is 0 Å². The minimum atomic E-state index is -0.605. The highest BCUT2D eigenvalue weighted by Crippen LogP contribution is 2.29. The third kappa shape index (κ3) is 5.85. The zero-order valence-electron chi connectivity index (χ0n) is 16.5. The molecule has 8 heteroatoms. The van der Waals surface area contributed by atoms with Gasteiger partial charge < -0.3 is 19.5 Å². The topological polar surface area (TPSA) is 121 Å². The highest BCUT2D eigenvalue weighted by atomic mass is 16.5. The SMILES string of the molecule is CCOc1cc(/C=C(\C#N)C(=O)Nc2ccc(C(=O)OC)cc2)ccc1OCC#N. The summed E-state index contributed by atoms with van der Waals surface area (Å²) in [5.74, 6) is -0.300. The zero-order valence-corrected chi connectivity index (χ0v) is 16.5. The van der Waals surface area contributed by atoms with Crippen molar-refractivity contribution < 1.29 is 23.8 Å². The Bertz CT molecular complexity index is 1030. The molecular formula is C22H19N3O5. The second-order valence-corrected chi connectivity index (χ2v) is 5.78. The van der Waals surface area contributed by atoms with Gasteiger partial charge in [-0.3, -0.25) is 4.79 Å². The number of carbonyl (C=O) groups excluding carboxylic acids is 2. The summed E-state index contributed by atoms with van der Waals surface area (Å²) >= 11 is 0. The van der Waals surface area contributed by atoms with Crippen molar-refractivity contribution in [2.75, 3.05) is 25.6 Å². The summed E-state index contributed by atoms with van der Waals surface area (Å²) in [6, 6.07) is 14.7. The Morgan fingerprint density at radius 2 is 1.80 bits per heavy atom. The number of rotatable bonds is 8. The van der Waals surface area contributed by atoms with Gasteiger partial charge in [0.15, 0.2) is 18.1 Å². The number of methoxy groups -OCH3 is 1. The Morgan fingerprint density at radius 1 is 1.07 bits per heavy atom. The van der Waals surface area contributed by atoms with Crippen molar-refractivity contribution in [1.82, 2.24) is 0 Å². The van der Waals surface area contributed by atoms with Crippen LogP contribution in [0.2, 0.25) is 0 Å². The van der Waals surface area contributed by atoms with Gasteiger partial charge in [-0.15, -0.1) is 0 Å². The first-order valence-corrected chi connectivity index (χ1v) is 8.90. The van der Waals surface area contributed by atoms with E-state index in [0.717, 1.165) is 0 Å². The van der Waals surface area contributed by atoms with E-state index in [-0.39, 0.29) is 12.2 Å². The van der Waals surface area contributed by atoms with Gasteiger partial charge >= 0.3 is 5.97 Å². The molecule has 0 aliphatic heterocycles. The molecule has 0 bridgehead atoms. The van der Waals surface area contributed by atoms with E-state index in [0.29, 0.717) is 34.9 Å². The molecule has 8 nitrogen and oxygen atoms in total. The lowest BCUT2D eigenvalue weighted by molar-refractivity contribution is -0.112. The number of hydrogen-bond acceptors (Lipinski definition) is 7. The number of anilines is 1. The average molecular weight is 405 g/mol. The second kappa shape index (κ2) is 10.9. The van der Waals surface area contributed by atoms with Crippen LogP contribution in [0.5, 0.6) is 11.5 Å². The van der Waals surface area contributed by atoms with Crippen LogP contribution in [-0.2, 0) is 9.53 Å². The smallest absolute Gasteiger partial charge is 0.337 e. The van der Waals surface area contributed by atoms with Crippen LogP contribution < -0.4 is 14.8 Å². The molecule has 1 amide bonds. The van der Waals surface area contributed by atoms with Crippen LogP contribution in [0.3, 0.4) is 0 Å². The maximum atomic E-state index is 12.5. The molecule has 0 aromatic heterocycles. The standard InChI is InChI=1S/C22H19N3O5/c1-3-29-20-13-15(4-9-19(20)30-11-10-23)12-17(14-24)21(26)25-18-7-5-16(6-8-18)22(27)28-2/h4-9,12-13H,3,11H2,1-2H3,(H,25,26)/b17-12+. The van der Waals surface area contributed by atoms with Crippen molar-refractivity contribution in [3.8, 4) is 23.6 Å². The molecule has 0 unspecified atom stereocenters. The number of hydrogen-bond donors (Lipinski definition) is 1. The van der Waals surface area contributed by atoms with E-state index in [1.165, 1.54) is 37.5 Å². The lowest BCUT2D eigenvalue weighted by Crippen LogP contribution is -2.13. The maximum Gasteiger partial charge on any atom is 0.337 e. The quantitative estimate of drug-likeness (QED) is 0.406. The summed E-state index contributed by atoms with van der Waals surface area (Å²) in [5, 5.41) is 20.7. The average Bonchev–Trinajstić information content (AvgIpc) is 2.77. The number of nitriles is 2. The molecule has 2 aromatic carbocycles. The Hall–Kier alpha value is -4.30. The van der Waals surface area contributed by atoms with E-state index < -0.39 is 11.9 Å². The normalized spacial score (nSPS) is 10.3. The number of amides is 1. The lowest BCUT2D eigenvalue weighted by Gasteiger charge is -2.11. The minimum Gasteiger partial charge on any atom is -0.490 e. The molecule has 152 valence electrons. The van der Waals surface area contributed by atoms with E-state index in [1.807, 2.05) is 12.1 Å². The maximum absolute atomic E-state index is 12.5. The van der Waals surface area contributed by atoms with E-state index >= 15 is 0 Å². The lowest BCUT2D eigenvalue weighted by atomic mass is 10.1. The van der Waals surface area contributed by atoms with Crippen molar-refractivity contribution >= 4 is 23.6 Å². The van der Waals surface area contributed by atoms with Crippen LogP contribution in [0.4, 0.5) is 5.69 Å². The molecule has 1 N–H and O–H groups in total. The molecule has 2 aromatic rings. The fourth-order valence-corrected chi connectivity index (χ4v) is 2.43. The van der Waals surface area contributed by atoms with Gasteiger partial charge in [0, 0.05) is 5.69 Å². The van der Waals surface area contributed by atoms with Gasteiger partial charge in [0.25, 0.3) is 5.91 Å². The van der Waals surface area contributed by atoms with Crippen molar-refractivity contribution in [2.24, 2.45) is 0 Å². The van der Waals surface area contributed by atoms with Crippen molar-refractivity contribution in [3.63, 3.8) is 0 Å². The monoisotopic (exact) mass is 405 g/mol.